The maximum atomic E-state index is 13.9. The Labute approximate surface area is 278 Å². The monoisotopic (exact) mass is 753 g/mol. The van der Waals surface area contributed by atoms with Crippen LogP contribution in [0.2, 0.25) is 0 Å². The molecule has 0 saturated carbocycles. The first kappa shape index (κ1) is 33.2. The third kappa shape index (κ3) is 5.41. The molecule has 46 heavy (non-hydrogen) atoms. The number of rotatable bonds is 7. The normalized spacial score (nSPS) is 31.2. The second kappa shape index (κ2) is 12.7. The number of phenolic OH excluding ortho intramolecular Hbond substituents is 2. The van der Waals surface area contributed by atoms with Gasteiger partial charge in [0.15, 0.2) is 24.1 Å². The molecular formula is C32H36INO12. The topological polar surface area (TPSA) is 182 Å². The van der Waals surface area contributed by atoms with Gasteiger partial charge in [0.1, 0.15) is 23.9 Å². The molecule has 2 saturated heterocycles. The largest absolute Gasteiger partial charge is 0.507 e. The molecule has 6 rings (SSSR count). The molecule has 7 atom stereocenters. The van der Waals surface area contributed by atoms with Crippen LogP contribution in [0, 0.1) is 0 Å². The summed E-state index contributed by atoms with van der Waals surface area (Å²) in [6.07, 6.45) is -4.03. The number of halogens is 1. The SMILES string of the molecule is COc1cccc2c1C(=O)c1c(O)c3c(c(O)c1C2=O)C[C@@](I)(C(=O)CO)C[C@@H]3O[C@H]1C[C@H](N2CCO[C@H](OC)C2)[C@H](O)[C@H](C)O1. The number of ketones is 3. The van der Waals surface area contributed by atoms with Crippen molar-refractivity contribution in [2.24, 2.45) is 0 Å². The highest BCUT2D eigenvalue weighted by Crippen LogP contribution is 2.54. The summed E-state index contributed by atoms with van der Waals surface area (Å²) in [6.45, 7) is 2.28. The summed E-state index contributed by atoms with van der Waals surface area (Å²) in [4.78, 5) is 42.8. The van der Waals surface area contributed by atoms with Gasteiger partial charge in [0.25, 0.3) is 0 Å². The van der Waals surface area contributed by atoms with Gasteiger partial charge in [-0.3, -0.25) is 19.3 Å². The molecule has 2 fully saturated rings. The van der Waals surface area contributed by atoms with E-state index in [9.17, 15) is 34.8 Å². The van der Waals surface area contributed by atoms with Crippen molar-refractivity contribution in [3.05, 3.63) is 51.6 Å². The number of hydrogen-bond acceptors (Lipinski definition) is 13. The number of Topliss-reactive ketones (excluding diaryl/α,β-unsaturated/α-hetero) is 1. The van der Waals surface area contributed by atoms with Gasteiger partial charge in [-0.25, -0.2) is 0 Å². The van der Waals surface area contributed by atoms with Crippen LogP contribution in [0.4, 0.5) is 0 Å². The minimum Gasteiger partial charge on any atom is -0.507 e. The first-order chi connectivity index (χ1) is 21.9. The van der Waals surface area contributed by atoms with Crippen LogP contribution in [-0.4, -0.2) is 117 Å². The van der Waals surface area contributed by atoms with Crippen LogP contribution in [0.3, 0.4) is 0 Å². The number of hydrogen-bond donors (Lipinski definition) is 4. The third-order valence-electron chi connectivity index (χ3n) is 9.48. The number of morpholine rings is 1. The van der Waals surface area contributed by atoms with Crippen molar-refractivity contribution in [1.82, 2.24) is 4.90 Å². The van der Waals surface area contributed by atoms with Crippen LogP contribution in [-0.2, 0) is 30.2 Å². The molecular weight excluding hydrogens is 717 g/mol. The molecule has 2 aliphatic heterocycles. The van der Waals surface area contributed by atoms with Gasteiger partial charge in [0.2, 0.25) is 5.78 Å². The summed E-state index contributed by atoms with van der Waals surface area (Å²) in [5, 5.41) is 44.4. The quantitative estimate of drug-likeness (QED) is 0.156. The first-order valence-electron chi connectivity index (χ1n) is 15.0. The lowest BCUT2D eigenvalue weighted by Crippen LogP contribution is -2.59. The molecule has 13 nitrogen and oxygen atoms in total. The van der Waals surface area contributed by atoms with Crippen LogP contribution in [0.25, 0.3) is 0 Å². The Morgan fingerprint density at radius 1 is 1.11 bits per heavy atom. The van der Waals surface area contributed by atoms with Gasteiger partial charge < -0.3 is 44.1 Å². The summed E-state index contributed by atoms with van der Waals surface area (Å²) in [5.41, 5.74) is -0.665. The maximum Gasteiger partial charge on any atom is 0.202 e. The number of carbonyl (C=O) groups excluding carboxylic acids is 3. The smallest absolute Gasteiger partial charge is 0.202 e. The lowest BCUT2D eigenvalue weighted by Gasteiger charge is -2.47. The van der Waals surface area contributed by atoms with E-state index in [1.165, 1.54) is 19.2 Å². The van der Waals surface area contributed by atoms with Gasteiger partial charge in [0.05, 0.1) is 52.1 Å². The number of aliphatic hydroxyl groups is 2. The van der Waals surface area contributed by atoms with Crippen LogP contribution in [0.1, 0.15) is 68.8 Å². The minimum absolute atomic E-state index is 0.00954. The number of alkyl halides is 1. The Hall–Kier alpha value is -2.70. The predicted octanol–water partition coefficient (Wildman–Crippen LogP) is 1.79. The summed E-state index contributed by atoms with van der Waals surface area (Å²) in [7, 11) is 2.90. The zero-order chi connectivity index (χ0) is 33.1. The number of fused-ring (bicyclic) bond motifs is 3. The molecule has 14 heteroatoms. The Bertz CT molecular complexity index is 1580. The van der Waals surface area contributed by atoms with Gasteiger partial charge in [-0.2, -0.15) is 0 Å². The molecule has 0 amide bonds. The van der Waals surface area contributed by atoms with E-state index in [1.807, 2.05) is 27.5 Å². The number of carbonyl (C=O) groups is 3. The average Bonchev–Trinajstić information content (AvgIpc) is 3.05. The number of phenols is 2. The van der Waals surface area contributed by atoms with Crippen molar-refractivity contribution in [1.29, 1.82) is 0 Å². The van der Waals surface area contributed by atoms with E-state index in [0.29, 0.717) is 19.7 Å². The Balaban J connectivity index is 1.43. The standard InChI is InChI=1S/C32H36INO12/c1-14-27(37)17(34-7-8-44-22(12-34)43-3)9-21(45-14)46-19-11-32(33,20(36)13-35)10-16-24(19)31(41)26-25(29(16)39)28(38)15-5-4-6-18(42-2)23(15)30(26)40/h4-6,14,17,19,21-22,27,35,37,39,41H,7-13H2,1-3H3/t14-,17-,19-,21-,22-,27+,32-/m0/s1. The predicted molar refractivity (Wildman–Crippen MR) is 168 cm³/mol. The molecule has 2 aromatic carbocycles. The Kier molecular flexibility index (Phi) is 9.19. The van der Waals surface area contributed by atoms with Gasteiger partial charge in [-0.05, 0) is 25.8 Å². The first-order valence-corrected chi connectivity index (χ1v) is 16.1. The minimum atomic E-state index is -1.29. The third-order valence-corrected chi connectivity index (χ3v) is 10.9. The summed E-state index contributed by atoms with van der Waals surface area (Å²) >= 11 is 1.91. The number of aliphatic hydroxyl groups excluding tert-OH is 2. The van der Waals surface area contributed by atoms with Gasteiger partial charge in [-0.15, -0.1) is 0 Å². The van der Waals surface area contributed by atoms with Gasteiger partial charge in [0, 0.05) is 49.4 Å². The van der Waals surface area contributed by atoms with E-state index in [0.717, 1.165) is 0 Å². The Morgan fingerprint density at radius 3 is 2.54 bits per heavy atom. The van der Waals surface area contributed by atoms with Crippen LogP contribution < -0.4 is 4.74 Å². The van der Waals surface area contributed by atoms with E-state index >= 15 is 0 Å². The van der Waals surface area contributed by atoms with Crippen LogP contribution in [0.15, 0.2) is 18.2 Å². The molecule has 2 heterocycles. The van der Waals surface area contributed by atoms with Crippen molar-refractivity contribution in [2.75, 3.05) is 40.5 Å². The average molecular weight is 754 g/mol. The van der Waals surface area contributed by atoms with E-state index in [-0.39, 0.29) is 58.4 Å². The van der Waals surface area contributed by atoms with E-state index in [1.54, 1.807) is 20.1 Å². The second-order valence-electron chi connectivity index (χ2n) is 12.0. The van der Waals surface area contributed by atoms with Crippen molar-refractivity contribution < 1.29 is 58.5 Å². The van der Waals surface area contributed by atoms with E-state index in [4.69, 9.17) is 23.7 Å². The van der Waals surface area contributed by atoms with Gasteiger partial charge in [-0.1, -0.05) is 34.7 Å². The highest BCUT2D eigenvalue weighted by Gasteiger charge is 2.50. The maximum absolute atomic E-state index is 13.9. The summed E-state index contributed by atoms with van der Waals surface area (Å²) in [6, 6.07) is 4.10. The fourth-order valence-corrected chi connectivity index (χ4v) is 8.06. The lowest BCUT2D eigenvalue weighted by molar-refractivity contribution is -0.263. The molecule has 4 aliphatic rings. The zero-order valence-electron chi connectivity index (χ0n) is 25.5. The number of ether oxygens (including phenoxy) is 5. The van der Waals surface area contributed by atoms with E-state index < -0.39 is 75.8 Å². The molecule has 0 unspecified atom stereocenters. The van der Waals surface area contributed by atoms with Crippen molar-refractivity contribution in [3.63, 3.8) is 0 Å². The number of methoxy groups -OCH3 is 2. The van der Waals surface area contributed by atoms with Crippen molar-refractivity contribution in [3.8, 4) is 17.2 Å². The molecule has 2 aliphatic carbocycles. The summed E-state index contributed by atoms with van der Waals surface area (Å²) < 4.78 is 27.6. The lowest BCUT2D eigenvalue weighted by atomic mass is 9.73. The zero-order valence-corrected chi connectivity index (χ0v) is 27.7. The Morgan fingerprint density at radius 2 is 1.85 bits per heavy atom. The molecule has 4 N–H and O–H groups in total. The molecule has 2 aromatic rings. The second-order valence-corrected chi connectivity index (χ2v) is 14.1. The molecule has 0 spiro atoms. The number of benzene rings is 2. The van der Waals surface area contributed by atoms with Gasteiger partial charge >= 0.3 is 0 Å². The van der Waals surface area contributed by atoms with E-state index in [2.05, 4.69) is 0 Å². The van der Waals surface area contributed by atoms with Crippen molar-refractivity contribution in [2.45, 2.75) is 66.5 Å². The van der Waals surface area contributed by atoms with Crippen molar-refractivity contribution >= 4 is 39.9 Å². The van der Waals surface area contributed by atoms with Crippen LogP contribution >= 0.6 is 22.6 Å². The highest BCUT2D eigenvalue weighted by molar-refractivity contribution is 14.1. The highest BCUT2D eigenvalue weighted by atomic mass is 127. The van der Waals surface area contributed by atoms with Crippen LogP contribution in [0.5, 0.6) is 17.2 Å². The molecule has 0 radical (unpaired) electrons. The number of aromatic hydroxyl groups is 2. The fourth-order valence-electron chi connectivity index (χ4n) is 7.11. The molecule has 0 aromatic heterocycles. The fraction of sp³-hybridized carbons (Fsp3) is 0.531. The number of nitrogens with zero attached hydrogens (tertiary/aromatic N) is 1. The molecule has 248 valence electrons. The summed E-state index contributed by atoms with van der Waals surface area (Å²) in [5.74, 6) is -2.88. The molecule has 0 bridgehead atoms.